The molecule has 0 radical (unpaired) electrons. The molecule has 1 atom stereocenters. The van der Waals surface area contributed by atoms with Crippen LogP contribution >= 0.6 is 0 Å². The summed E-state index contributed by atoms with van der Waals surface area (Å²) in [7, 11) is 1.58. The van der Waals surface area contributed by atoms with Crippen LogP contribution in [0.1, 0.15) is 59.7 Å². The number of ether oxygens (including phenoxy) is 1. The maximum Gasteiger partial charge on any atom is 0.426 e. The van der Waals surface area contributed by atoms with Gasteiger partial charge in [-0.3, -0.25) is 4.79 Å². The molecule has 0 saturated carbocycles. The summed E-state index contributed by atoms with van der Waals surface area (Å²) in [5.74, 6) is -0.264. The molecule has 0 aliphatic heterocycles. The lowest BCUT2D eigenvalue weighted by Crippen LogP contribution is -2.22. The van der Waals surface area contributed by atoms with E-state index >= 15 is 0 Å². The summed E-state index contributed by atoms with van der Waals surface area (Å²) >= 11 is 0. The first-order valence-corrected chi connectivity index (χ1v) is 11.6. The van der Waals surface area contributed by atoms with Crippen molar-refractivity contribution in [2.75, 3.05) is 7.11 Å². The van der Waals surface area contributed by atoms with Gasteiger partial charge in [0, 0.05) is 6.42 Å². The van der Waals surface area contributed by atoms with Gasteiger partial charge in [-0.2, -0.15) is 0 Å². The van der Waals surface area contributed by atoms with Crippen molar-refractivity contribution in [3.05, 3.63) is 100 Å². The summed E-state index contributed by atoms with van der Waals surface area (Å²) in [5.41, 5.74) is 3.29. The van der Waals surface area contributed by atoms with E-state index in [1.54, 1.807) is 49.6 Å². The van der Waals surface area contributed by atoms with Crippen LogP contribution in [0.25, 0.3) is 11.1 Å². The van der Waals surface area contributed by atoms with Crippen molar-refractivity contribution in [3.8, 4) is 5.75 Å². The second-order valence-electron chi connectivity index (χ2n) is 8.40. The van der Waals surface area contributed by atoms with Gasteiger partial charge in [-0.25, -0.2) is 9.36 Å². The van der Waals surface area contributed by atoms with Crippen LogP contribution in [0.3, 0.4) is 0 Å². The maximum atomic E-state index is 12.7. The van der Waals surface area contributed by atoms with Gasteiger partial charge in [-0.15, -0.1) is 0 Å². The molecule has 0 saturated heterocycles. The fourth-order valence-electron chi connectivity index (χ4n) is 4.14. The largest absolute Gasteiger partial charge is 0.497 e. The minimum atomic E-state index is -0.893. The van der Waals surface area contributed by atoms with Gasteiger partial charge < -0.3 is 14.3 Å². The van der Waals surface area contributed by atoms with E-state index in [-0.39, 0.29) is 17.9 Å². The highest BCUT2D eigenvalue weighted by Crippen LogP contribution is 2.27. The van der Waals surface area contributed by atoms with Crippen molar-refractivity contribution < 1.29 is 19.1 Å². The Balaban J connectivity index is 1.36. The highest BCUT2D eigenvalue weighted by Gasteiger charge is 2.18. The molecule has 4 aromatic rings. The zero-order chi connectivity index (χ0) is 23.9. The topological polar surface area (TPSA) is 81.7 Å². The molecule has 34 heavy (non-hydrogen) atoms. The number of fused-ring (bicyclic) bond motifs is 1. The minimum absolute atomic E-state index is 0.268. The summed E-state index contributed by atoms with van der Waals surface area (Å²) < 4.78 is 11.6. The van der Waals surface area contributed by atoms with Gasteiger partial charge in [0.25, 0.3) is 0 Å². The highest BCUT2D eigenvalue weighted by atomic mass is 16.5. The quantitative estimate of drug-likeness (QED) is 0.316. The van der Waals surface area contributed by atoms with E-state index in [0.717, 1.165) is 36.7 Å². The van der Waals surface area contributed by atoms with Crippen LogP contribution in [0.15, 0.2) is 82.0 Å². The number of aryl methyl sites for hydroxylation is 1. The standard InChI is InChI=1S/C28H29NO5/c1-33-23-16-13-21(14-17-23)27(31)22-15-18-24-25(19-22)34-28(32)29(24)26(30)12-8-3-2-5-9-20-10-6-4-7-11-20/h4,6-7,10-11,13-19,27,31H,2-3,5,8-9,12H2,1H3. The van der Waals surface area contributed by atoms with E-state index in [2.05, 4.69) is 12.1 Å². The van der Waals surface area contributed by atoms with Gasteiger partial charge >= 0.3 is 5.76 Å². The number of unbranched alkanes of at least 4 members (excludes halogenated alkanes) is 3. The molecular weight excluding hydrogens is 430 g/mol. The minimum Gasteiger partial charge on any atom is -0.497 e. The number of aliphatic hydroxyl groups excluding tert-OH is 1. The van der Waals surface area contributed by atoms with Crippen molar-refractivity contribution in [1.29, 1.82) is 0 Å². The second-order valence-corrected chi connectivity index (χ2v) is 8.40. The first-order chi connectivity index (χ1) is 16.6. The zero-order valence-electron chi connectivity index (χ0n) is 19.3. The summed E-state index contributed by atoms with van der Waals surface area (Å²) in [4.78, 5) is 25.1. The lowest BCUT2D eigenvalue weighted by Gasteiger charge is -2.12. The average molecular weight is 460 g/mol. The molecule has 0 aliphatic carbocycles. The third kappa shape index (κ3) is 5.46. The highest BCUT2D eigenvalue weighted by molar-refractivity contribution is 5.89. The summed E-state index contributed by atoms with van der Waals surface area (Å²) in [6.07, 6.45) is 4.20. The van der Waals surface area contributed by atoms with Gasteiger partial charge in [0.05, 0.1) is 12.6 Å². The van der Waals surface area contributed by atoms with E-state index in [0.29, 0.717) is 22.4 Å². The Hall–Kier alpha value is -3.64. The normalized spacial score (nSPS) is 12.1. The predicted molar refractivity (Wildman–Crippen MR) is 131 cm³/mol. The van der Waals surface area contributed by atoms with Gasteiger partial charge in [0.15, 0.2) is 5.58 Å². The van der Waals surface area contributed by atoms with E-state index in [9.17, 15) is 14.7 Å². The Morgan fingerprint density at radius 2 is 1.65 bits per heavy atom. The van der Waals surface area contributed by atoms with Crippen molar-refractivity contribution >= 4 is 17.0 Å². The molecule has 3 aromatic carbocycles. The smallest absolute Gasteiger partial charge is 0.426 e. The lowest BCUT2D eigenvalue weighted by molar-refractivity contribution is 0.0895. The van der Waals surface area contributed by atoms with E-state index in [4.69, 9.17) is 9.15 Å². The predicted octanol–water partition coefficient (Wildman–Crippen LogP) is 5.52. The third-order valence-corrected chi connectivity index (χ3v) is 6.05. The van der Waals surface area contributed by atoms with Crippen molar-refractivity contribution in [2.24, 2.45) is 0 Å². The third-order valence-electron chi connectivity index (χ3n) is 6.05. The molecular formula is C28H29NO5. The molecule has 1 aromatic heterocycles. The number of rotatable bonds is 10. The molecule has 0 aliphatic rings. The van der Waals surface area contributed by atoms with Gasteiger partial charge in [-0.05, 0) is 60.2 Å². The average Bonchev–Trinajstić information content (AvgIpc) is 3.21. The molecule has 4 rings (SSSR count). The zero-order valence-corrected chi connectivity index (χ0v) is 19.3. The maximum absolute atomic E-state index is 12.7. The monoisotopic (exact) mass is 459 g/mol. The number of carbonyl (C=O) groups excluding carboxylic acids is 1. The Bertz CT molecular complexity index is 1290. The number of oxazole rings is 1. The van der Waals surface area contributed by atoms with Crippen LogP contribution in [0.4, 0.5) is 0 Å². The van der Waals surface area contributed by atoms with Gasteiger partial charge in [-0.1, -0.05) is 61.4 Å². The van der Waals surface area contributed by atoms with E-state index in [1.807, 2.05) is 18.2 Å². The Labute approximate surface area is 198 Å². The fraction of sp³-hybridized carbons (Fsp3) is 0.286. The van der Waals surface area contributed by atoms with Crippen molar-refractivity contribution in [3.63, 3.8) is 0 Å². The molecule has 1 heterocycles. The number of aromatic nitrogens is 1. The van der Waals surface area contributed by atoms with E-state index < -0.39 is 11.9 Å². The molecule has 0 spiro atoms. The van der Waals surface area contributed by atoms with Crippen LogP contribution in [0, 0.1) is 0 Å². The van der Waals surface area contributed by atoms with Crippen molar-refractivity contribution in [1.82, 2.24) is 4.57 Å². The number of carbonyl (C=O) groups is 1. The number of hydrogen-bond donors (Lipinski definition) is 1. The number of hydrogen-bond acceptors (Lipinski definition) is 5. The van der Waals surface area contributed by atoms with Crippen LogP contribution in [0.2, 0.25) is 0 Å². The van der Waals surface area contributed by atoms with Crippen LogP contribution in [-0.2, 0) is 6.42 Å². The molecule has 0 amide bonds. The number of aliphatic hydroxyl groups is 1. The molecule has 6 nitrogen and oxygen atoms in total. The SMILES string of the molecule is COc1ccc(C(O)c2ccc3c(c2)oc(=O)n3C(=O)CCCCCCc2ccccc2)cc1. The lowest BCUT2D eigenvalue weighted by atomic mass is 10.0. The Morgan fingerprint density at radius 1 is 0.941 bits per heavy atom. The van der Waals surface area contributed by atoms with Crippen molar-refractivity contribution in [2.45, 2.75) is 44.6 Å². The molecule has 6 heteroatoms. The van der Waals surface area contributed by atoms with Gasteiger partial charge in [0.1, 0.15) is 11.9 Å². The first kappa shape index (κ1) is 23.5. The summed E-state index contributed by atoms with van der Waals surface area (Å²) in [6, 6.07) is 22.4. The van der Waals surface area contributed by atoms with Gasteiger partial charge in [0.2, 0.25) is 5.91 Å². The molecule has 1 N–H and O–H groups in total. The molecule has 0 fully saturated rings. The number of methoxy groups -OCH3 is 1. The first-order valence-electron chi connectivity index (χ1n) is 11.6. The Morgan fingerprint density at radius 3 is 2.38 bits per heavy atom. The van der Waals surface area contributed by atoms with E-state index in [1.165, 1.54) is 5.56 Å². The summed E-state index contributed by atoms with van der Waals surface area (Å²) in [5, 5.41) is 10.7. The number of nitrogens with zero attached hydrogens (tertiary/aromatic N) is 1. The molecule has 0 bridgehead atoms. The van der Waals surface area contributed by atoms with Crippen LogP contribution < -0.4 is 10.5 Å². The molecule has 1 unspecified atom stereocenters. The fourth-order valence-corrected chi connectivity index (χ4v) is 4.14. The second kappa shape index (κ2) is 11.0. The molecule has 176 valence electrons. The summed E-state index contributed by atoms with van der Waals surface area (Å²) in [6.45, 7) is 0. The Kier molecular flexibility index (Phi) is 7.60. The van der Waals surface area contributed by atoms with Crippen LogP contribution in [0.5, 0.6) is 5.75 Å². The van der Waals surface area contributed by atoms with Crippen LogP contribution in [-0.4, -0.2) is 22.7 Å². The number of benzene rings is 3.